The van der Waals surface area contributed by atoms with Crippen molar-refractivity contribution in [1.29, 1.82) is 0 Å². The minimum absolute atomic E-state index is 0.247. The Morgan fingerprint density at radius 3 is 3.05 bits per heavy atom. The Balaban J connectivity index is 1.62. The van der Waals surface area contributed by atoms with Gasteiger partial charge in [-0.15, -0.1) is 0 Å². The summed E-state index contributed by atoms with van der Waals surface area (Å²) in [6.45, 7) is 1.30. The zero-order valence-electron chi connectivity index (χ0n) is 12.9. The molecule has 1 aromatic carbocycles. The lowest BCUT2D eigenvalue weighted by atomic mass is 9.89. The van der Waals surface area contributed by atoms with E-state index in [1.807, 2.05) is 6.07 Å². The first kappa shape index (κ1) is 14.7. The quantitative estimate of drug-likeness (QED) is 0.849. The minimum Gasteiger partial charge on any atom is -0.497 e. The number of aryl methyl sites for hydroxylation is 1. The highest BCUT2D eigenvalue weighted by molar-refractivity contribution is 5.83. The molecule has 1 aliphatic carbocycles. The van der Waals surface area contributed by atoms with Crippen LogP contribution in [0.5, 0.6) is 5.75 Å². The summed E-state index contributed by atoms with van der Waals surface area (Å²) < 4.78 is 10.2. The van der Waals surface area contributed by atoms with Crippen LogP contribution in [-0.4, -0.2) is 26.2 Å². The normalized spacial score (nSPS) is 17.0. The summed E-state index contributed by atoms with van der Waals surface area (Å²) in [5.41, 5.74) is 5.03. The molecule has 0 spiro atoms. The zero-order valence-corrected chi connectivity index (χ0v) is 12.9. The third-order valence-corrected chi connectivity index (χ3v) is 4.12. The predicted octanol–water partition coefficient (Wildman–Crippen LogP) is 2.84. The van der Waals surface area contributed by atoms with Gasteiger partial charge in [-0.05, 0) is 48.1 Å². The predicted molar refractivity (Wildman–Crippen MR) is 85.6 cm³/mol. The Morgan fingerprint density at radius 1 is 1.32 bits per heavy atom. The van der Waals surface area contributed by atoms with E-state index in [9.17, 15) is 4.79 Å². The summed E-state index contributed by atoms with van der Waals surface area (Å²) in [6.07, 6.45) is 7.74. The molecule has 0 atom stereocenters. The number of benzene rings is 1. The Bertz CT molecular complexity index is 631. The van der Waals surface area contributed by atoms with Crippen LogP contribution in [0.4, 0.5) is 0 Å². The van der Waals surface area contributed by atoms with Crippen molar-refractivity contribution in [2.45, 2.75) is 25.7 Å². The fraction of sp³-hybridized carbons (Fsp3) is 0.389. The van der Waals surface area contributed by atoms with E-state index in [0.717, 1.165) is 43.7 Å². The van der Waals surface area contributed by atoms with Gasteiger partial charge >= 0.3 is 5.97 Å². The van der Waals surface area contributed by atoms with Crippen molar-refractivity contribution >= 4 is 11.5 Å². The molecule has 0 aromatic heterocycles. The van der Waals surface area contributed by atoms with E-state index < -0.39 is 0 Å². The van der Waals surface area contributed by atoms with Crippen LogP contribution >= 0.6 is 0 Å². The van der Waals surface area contributed by atoms with Crippen molar-refractivity contribution in [3.05, 3.63) is 47.2 Å². The van der Waals surface area contributed by atoms with Gasteiger partial charge in [-0.1, -0.05) is 12.1 Å². The zero-order chi connectivity index (χ0) is 15.4. The second kappa shape index (κ2) is 6.69. The van der Waals surface area contributed by atoms with Crippen LogP contribution in [0.25, 0.3) is 5.57 Å². The highest BCUT2D eigenvalue weighted by Crippen LogP contribution is 2.31. The third-order valence-electron chi connectivity index (χ3n) is 4.12. The average molecular weight is 299 g/mol. The van der Waals surface area contributed by atoms with Gasteiger partial charge in [0.25, 0.3) is 0 Å². The van der Waals surface area contributed by atoms with Crippen LogP contribution in [0.2, 0.25) is 0 Å². The summed E-state index contributed by atoms with van der Waals surface area (Å²) >= 11 is 0. The number of fused-ring (bicyclic) bond motifs is 1. The summed E-state index contributed by atoms with van der Waals surface area (Å²) in [5, 5.41) is 3.35. The maximum Gasteiger partial charge on any atom is 0.332 e. The summed E-state index contributed by atoms with van der Waals surface area (Å²) in [4.78, 5) is 11.2. The van der Waals surface area contributed by atoms with Crippen molar-refractivity contribution in [2.24, 2.45) is 0 Å². The van der Waals surface area contributed by atoms with Crippen LogP contribution in [0.1, 0.15) is 30.4 Å². The Morgan fingerprint density at radius 2 is 2.23 bits per heavy atom. The first-order chi connectivity index (χ1) is 10.8. The molecule has 0 saturated carbocycles. The maximum absolute atomic E-state index is 11.2. The van der Waals surface area contributed by atoms with Crippen molar-refractivity contribution in [3.8, 4) is 5.75 Å². The topological polar surface area (TPSA) is 47.6 Å². The molecule has 0 radical (unpaired) electrons. The minimum atomic E-state index is -0.247. The standard InChI is InChI=1S/C18H21NO3/c1-21-16-5-6-17-13(3-2-4-14(17)11-16)7-9-19-15-8-10-22-18(20)12-15/h3,5-6,11-12,19H,2,4,7-10H2,1H3. The molecule has 4 heteroatoms. The number of cyclic esters (lactones) is 1. The first-order valence-corrected chi connectivity index (χ1v) is 7.74. The second-order valence-electron chi connectivity index (χ2n) is 5.55. The van der Waals surface area contributed by atoms with Gasteiger partial charge in [0.2, 0.25) is 0 Å². The van der Waals surface area contributed by atoms with E-state index in [1.165, 1.54) is 16.7 Å². The number of hydrogen-bond donors (Lipinski definition) is 1. The molecule has 2 aliphatic rings. The molecule has 116 valence electrons. The lowest BCUT2D eigenvalue weighted by molar-refractivity contribution is -0.138. The number of hydrogen-bond acceptors (Lipinski definition) is 4. The van der Waals surface area contributed by atoms with Gasteiger partial charge in [-0.3, -0.25) is 0 Å². The molecule has 0 fully saturated rings. The van der Waals surface area contributed by atoms with Crippen LogP contribution in [0.3, 0.4) is 0 Å². The first-order valence-electron chi connectivity index (χ1n) is 7.74. The Hall–Kier alpha value is -2.23. The van der Waals surface area contributed by atoms with E-state index in [1.54, 1.807) is 13.2 Å². The molecule has 0 saturated heterocycles. The second-order valence-corrected chi connectivity index (χ2v) is 5.55. The van der Waals surface area contributed by atoms with Crippen molar-refractivity contribution in [3.63, 3.8) is 0 Å². The molecular weight excluding hydrogens is 278 g/mol. The third kappa shape index (κ3) is 3.32. The smallest absolute Gasteiger partial charge is 0.332 e. The van der Waals surface area contributed by atoms with E-state index in [4.69, 9.17) is 9.47 Å². The molecule has 1 aliphatic heterocycles. The van der Waals surface area contributed by atoms with E-state index >= 15 is 0 Å². The molecule has 4 nitrogen and oxygen atoms in total. The number of esters is 1. The SMILES string of the molecule is COc1ccc2c(c1)CCC=C2CCNC1=CC(=O)OCC1. The number of methoxy groups -OCH3 is 1. The van der Waals surface area contributed by atoms with Gasteiger partial charge in [-0.25, -0.2) is 4.79 Å². The summed E-state index contributed by atoms with van der Waals surface area (Å²) in [6, 6.07) is 6.30. The Kier molecular flexibility index (Phi) is 4.47. The molecule has 22 heavy (non-hydrogen) atoms. The van der Waals surface area contributed by atoms with Gasteiger partial charge in [0.05, 0.1) is 13.7 Å². The van der Waals surface area contributed by atoms with Gasteiger partial charge in [0, 0.05) is 24.7 Å². The largest absolute Gasteiger partial charge is 0.497 e. The number of carbonyl (C=O) groups excluding carboxylic acids is 1. The monoisotopic (exact) mass is 299 g/mol. The highest BCUT2D eigenvalue weighted by atomic mass is 16.5. The van der Waals surface area contributed by atoms with Crippen LogP contribution in [0, 0.1) is 0 Å². The lowest BCUT2D eigenvalue weighted by Gasteiger charge is -2.20. The number of rotatable bonds is 5. The van der Waals surface area contributed by atoms with E-state index in [-0.39, 0.29) is 5.97 Å². The van der Waals surface area contributed by atoms with E-state index in [0.29, 0.717) is 6.61 Å². The van der Waals surface area contributed by atoms with Gasteiger partial charge < -0.3 is 14.8 Å². The number of allylic oxidation sites excluding steroid dienone is 1. The summed E-state index contributed by atoms with van der Waals surface area (Å²) in [5.74, 6) is 0.673. The Labute approximate surface area is 130 Å². The number of ether oxygens (including phenoxy) is 2. The number of nitrogens with one attached hydrogen (secondary N) is 1. The van der Waals surface area contributed by atoms with Crippen LogP contribution < -0.4 is 10.1 Å². The fourth-order valence-electron chi connectivity index (χ4n) is 2.98. The van der Waals surface area contributed by atoms with Gasteiger partial charge in [-0.2, -0.15) is 0 Å². The van der Waals surface area contributed by atoms with E-state index in [2.05, 4.69) is 23.5 Å². The molecular formula is C18H21NO3. The molecule has 1 N–H and O–H groups in total. The van der Waals surface area contributed by atoms with Crippen molar-refractivity contribution in [2.75, 3.05) is 20.3 Å². The summed E-state index contributed by atoms with van der Waals surface area (Å²) in [7, 11) is 1.70. The lowest BCUT2D eigenvalue weighted by Crippen LogP contribution is -2.22. The van der Waals surface area contributed by atoms with Crippen molar-refractivity contribution < 1.29 is 14.3 Å². The highest BCUT2D eigenvalue weighted by Gasteiger charge is 2.14. The molecule has 0 bridgehead atoms. The fourth-order valence-corrected chi connectivity index (χ4v) is 2.98. The van der Waals surface area contributed by atoms with Crippen LogP contribution in [-0.2, 0) is 16.0 Å². The average Bonchev–Trinajstić information content (AvgIpc) is 2.54. The molecule has 3 rings (SSSR count). The molecule has 0 unspecified atom stereocenters. The van der Waals surface area contributed by atoms with Gasteiger partial charge in [0.15, 0.2) is 0 Å². The molecule has 1 heterocycles. The van der Waals surface area contributed by atoms with Crippen molar-refractivity contribution in [1.82, 2.24) is 5.32 Å². The van der Waals surface area contributed by atoms with Gasteiger partial charge in [0.1, 0.15) is 5.75 Å². The maximum atomic E-state index is 11.2. The molecule has 0 amide bonds. The van der Waals surface area contributed by atoms with Crippen LogP contribution in [0.15, 0.2) is 36.0 Å². The number of carbonyl (C=O) groups is 1. The molecule has 1 aromatic rings.